The lowest BCUT2D eigenvalue weighted by atomic mass is 9.87. The van der Waals surface area contributed by atoms with E-state index in [1.807, 2.05) is 0 Å². The van der Waals surface area contributed by atoms with Crippen molar-refractivity contribution in [2.45, 2.75) is 58.0 Å². The number of benzene rings is 1. The number of likely N-dealkylation sites (N-methyl/N-ethyl adjacent to an activating group) is 1. The van der Waals surface area contributed by atoms with E-state index in [4.69, 9.17) is 5.11 Å². The molecule has 2 rings (SSSR count). The van der Waals surface area contributed by atoms with Crippen molar-refractivity contribution in [1.82, 2.24) is 10.2 Å². The molecule has 2 N–H and O–H groups in total. The fourth-order valence-corrected chi connectivity index (χ4v) is 3.45. The Bertz CT molecular complexity index is 636. The maximum Gasteiger partial charge on any atom is 0.335 e. The number of hydrogen-bond donors (Lipinski definition) is 2. The molecule has 0 aromatic heterocycles. The number of rotatable bonds is 7. The third kappa shape index (κ3) is 5.86. The molecular weight excluding hydrogens is 332 g/mol. The quantitative estimate of drug-likeness (QED) is 0.783. The van der Waals surface area contributed by atoms with E-state index in [0.29, 0.717) is 18.9 Å². The Labute approximate surface area is 154 Å². The molecule has 1 aliphatic carbocycles. The third-order valence-corrected chi connectivity index (χ3v) is 4.94. The van der Waals surface area contributed by atoms with E-state index in [1.54, 1.807) is 31.0 Å². The second kappa shape index (κ2) is 9.36. The number of nitrogens with one attached hydrogen (secondary N) is 1. The molecule has 1 aromatic carbocycles. The van der Waals surface area contributed by atoms with Crippen LogP contribution in [0.3, 0.4) is 0 Å². The Morgan fingerprint density at radius 2 is 1.77 bits per heavy atom. The Hall–Kier alpha value is -2.37. The molecule has 6 heteroatoms. The number of carbonyl (C=O) groups excluding carboxylic acids is 2. The maximum atomic E-state index is 12.5. The normalized spacial score (nSPS) is 15.9. The van der Waals surface area contributed by atoms with Gasteiger partial charge in [-0.2, -0.15) is 0 Å². The van der Waals surface area contributed by atoms with Gasteiger partial charge in [0.25, 0.3) is 0 Å². The average Bonchev–Trinajstić information content (AvgIpc) is 2.62. The van der Waals surface area contributed by atoms with Crippen molar-refractivity contribution >= 4 is 17.8 Å². The minimum absolute atomic E-state index is 0.0584. The Balaban J connectivity index is 1.82. The fourth-order valence-electron chi connectivity index (χ4n) is 3.45. The van der Waals surface area contributed by atoms with E-state index in [9.17, 15) is 14.4 Å². The van der Waals surface area contributed by atoms with Gasteiger partial charge in [0, 0.05) is 20.0 Å². The van der Waals surface area contributed by atoms with E-state index in [-0.39, 0.29) is 17.4 Å². The summed E-state index contributed by atoms with van der Waals surface area (Å²) < 4.78 is 0. The zero-order chi connectivity index (χ0) is 19.1. The first-order chi connectivity index (χ1) is 12.4. The van der Waals surface area contributed by atoms with Gasteiger partial charge in [-0.1, -0.05) is 31.4 Å². The van der Waals surface area contributed by atoms with Gasteiger partial charge in [-0.05, 0) is 43.4 Å². The van der Waals surface area contributed by atoms with Gasteiger partial charge < -0.3 is 15.3 Å². The fraction of sp³-hybridized carbons (Fsp3) is 0.550. The summed E-state index contributed by atoms with van der Waals surface area (Å²) in [7, 11) is 1.68. The van der Waals surface area contributed by atoms with E-state index in [0.717, 1.165) is 18.4 Å². The lowest BCUT2D eigenvalue weighted by Gasteiger charge is -2.24. The van der Waals surface area contributed by atoms with E-state index in [2.05, 4.69) is 5.32 Å². The second-order valence-corrected chi connectivity index (χ2v) is 7.19. The summed E-state index contributed by atoms with van der Waals surface area (Å²) in [5.74, 6) is -0.756. The molecule has 0 spiro atoms. The van der Waals surface area contributed by atoms with Gasteiger partial charge >= 0.3 is 5.97 Å². The van der Waals surface area contributed by atoms with Crippen LogP contribution in [0.15, 0.2) is 24.3 Å². The van der Waals surface area contributed by atoms with Crippen molar-refractivity contribution in [2.75, 3.05) is 7.05 Å². The second-order valence-electron chi connectivity index (χ2n) is 7.19. The van der Waals surface area contributed by atoms with Crippen LogP contribution in [0.5, 0.6) is 0 Å². The van der Waals surface area contributed by atoms with Crippen molar-refractivity contribution in [1.29, 1.82) is 0 Å². The lowest BCUT2D eigenvalue weighted by Crippen LogP contribution is -2.45. The largest absolute Gasteiger partial charge is 0.478 e. The summed E-state index contributed by atoms with van der Waals surface area (Å²) in [6.45, 7) is 2.06. The monoisotopic (exact) mass is 360 g/mol. The molecule has 2 amide bonds. The first-order valence-corrected chi connectivity index (χ1v) is 9.23. The molecule has 0 saturated heterocycles. The summed E-state index contributed by atoms with van der Waals surface area (Å²) in [6, 6.07) is 5.85. The van der Waals surface area contributed by atoms with E-state index < -0.39 is 12.0 Å². The number of nitrogens with zero attached hydrogens (tertiary/aromatic N) is 1. The molecule has 0 radical (unpaired) electrons. The highest BCUT2D eigenvalue weighted by Crippen LogP contribution is 2.26. The molecule has 1 unspecified atom stereocenters. The number of hydrogen-bond acceptors (Lipinski definition) is 3. The van der Waals surface area contributed by atoms with Crippen LogP contribution >= 0.6 is 0 Å². The van der Waals surface area contributed by atoms with Crippen molar-refractivity contribution in [3.63, 3.8) is 0 Å². The van der Waals surface area contributed by atoms with Crippen molar-refractivity contribution in [3.05, 3.63) is 35.4 Å². The standard InChI is InChI=1S/C20H28N2O4/c1-14(21-18(23)12-15-6-4-3-5-7-15)19(24)22(2)13-16-8-10-17(11-9-16)20(25)26/h8-11,14-15H,3-7,12-13H2,1-2H3,(H,21,23)(H,25,26). The first-order valence-electron chi connectivity index (χ1n) is 9.23. The smallest absolute Gasteiger partial charge is 0.335 e. The summed E-state index contributed by atoms with van der Waals surface area (Å²) >= 11 is 0. The lowest BCUT2D eigenvalue weighted by molar-refractivity contribution is -0.135. The molecule has 0 bridgehead atoms. The zero-order valence-electron chi connectivity index (χ0n) is 15.5. The zero-order valence-corrected chi connectivity index (χ0v) is 15.5. The summed E-state index contributed by atoms with van der Waals surface area (Å²) in [4.78, 5) is 37.1. The van der Waals surface area contributed by atoms with Crippen molar-refractivity contribution < 1.29 is 19.5 Å². The predicted octanol–water partition coefficient (Wildman–Crippen LogP) is 2.82. The van der Waals surface area contributed by atoms with Gasteiger partial charge in [-0.25, -0.2) is 4.79 Å². The number of aromatic carboxylic acids is 1. The molecule has 6 nitrogen and oxygen atoms in total. The van der Waals surface area contributed by atoms with Crippen molar-refractivity contribution in [2.24, 2.45) is 5.92 Å². The molecule has 26 heavy (non-hydrogen) atoms. The van der Waals surface area contributed by atoms with Crippen LogP contribution in [-0.4, -0.2) is 40.9 Å². The maximum absolute atomic E-state index is 12.5. The molecule has 1 fully saturated rings. The van der Waals surface area contributed by atoms with Crippen LogP contribution in [0.1, 0.15) is 61.4 Å². The first kappa shape index (κ1) is 19.9. The Kier molecular flexibility index (Phi) is 7.18. The summed E-state index contributed by atoms with van der Waals surface area (Å²) in [5, 5.41) is 11.7. The summed E-state index contributed by atoms with van der Waals surface area (Å²) in [6.07, 6.45) is 6.33. The number of carbonyl (C=O) groups is 3. The van der Waals surface area contributed by atoms with Gasteiger partial charge in [0.15, 0.2) is 0 Å². The molecule has 1 saturated carbocycles. The van der Waals surface area contributed by atoms with Crippen LogP contribution < -0.4 is 5.32 Å². The molecule has 142 valence electrons. The average molecular weight is 360 g/mol. The molecular formula is C20H28N2O4. The SMILES string of the molecule is CC(NC(=O)CC1CCCCC1)C(=O)N(C)Cc1ccc(C(=O)O)cc1. The van der Waals surface area contributed by atoms with Crippen molar-refractivity contribution in [3.8, 4) is 0 Å². The topological polar surface area (TPSA) is 86.7 Å². The highest BCUT2D eigenvalue weighted by molar-refractivity contribution is 5.88. The molecule has 0 heterocycles. The minimum atomic E-state index is -0.977. The number of carboxylic acid groups (broad SMARTS) is 1. The van der Waals surface area contributed by atoms with Gasteiger partial charge in [0.1, 0.15) is 6.04 Å². The van der Waals surface area contributed by atoms with Crippen LogP contribution in [0.2, 0.25) is 0 Å². The number of carboxylic acids is 1. The molecule has 1 aliphatic rings. The van der Waals surface area contributed by atoms with Gasteiger partial charge in [-0.3, -0.25) is 9.59 Å². The predicted molar refractivity (Wildman–Crippen MR) is 98.7 cm³/mol. The van der Waals surface area contributed by atoms with Crippen LogP contribution in [0.4, 0.5) is 0 Å². The Morgan fingerprint density at radius 1 is 1.15 bits per heavy atom. The van der Waals surface area contributed by atoms with Gasteiger partial charge in [-0.15, -0.1) is 0 Å². The minimum Gasteiger partial charge on any atom is -0.478 e. The van der Waals surface area contributed by atoms with E-state index in [1.165, 1.54) is 31.4 Å². The van der Waals surface area contributed by atoms with Crippen LogP contribution in [-0.2, 0) is 16.1 Å². The summed E-state index contributed by atoms with van der Waals surface area (Å²) in [5.41, 5.74) is 1.05. The van der Waals surface area contributed by atoms with Crippen LogP contribution in [0, 0.1) is 5.92 Å². The number of amides is 2. The highest BCUT2D eigenvalue weighted by atomic mass is 16.4. The highest BCUT2D eigenvalue weighted by Gasteiger charge is 2.22. The van der Waals surface area contributed by atoms with Gasteiger partial charge in [0.2, 0.25) is 11.8 Å². The van der Waals surface area contributed by atoms with Gasteiger partial charge in [0.05, 0.1) is 5.56 Å². The molecule has 0 aliphatic heterocycles. The van der Waals surface area contributed by atoms with E-state index >= 15 is 0 Å². The van der Waals surface area contributed by atoms with Crippen LogP contribution in [0.25, 0.3) is 0 Å². The molecule has 1 atom stereocenters. The Morgan fingerprint density at radius 3 is 2.35 bits per heavy atom. The molecule has 1 aromatic rings. The third-order valence-electron chi connectivity index (χ3n) is 4.94.